The number of hydrogen-bond acceptors (Lipinski definition) is 2. The van der Waals surface area contributed by atoms with Crippen molar-refractivity contribution >= 4 is 0 Å². The second kappa shape index (κ2) is 4.97. The molecular formula is C11H23NO. The van der Waals surface area contributed by atoms with Gasteiger partial charge in [0, 0.05) is 12.6 Å². The van der Waals surface area contributed by atoms with Crippen LogP contribution in [0.4, 0.5) is 0 Å². The van der Waals surface area contributed by atoms with Crippen LogP contribution < -0.4 is 5.32 Å². The predicted molar refractivity (Wildman–Crippen MR) is 55.7 cm³/mol. The van der Waals surface area contributed by atoms with Gasteiger partial charge in [-0.05, 0) is 31.6 Å². The molecule has 0 radical (unpaired) electrons. The quantitative estimate of drug-likeness (QED) is 0.686. The molecule has 0 aliphatic heterocycles. The molecule has 1 fully saturated rings. The lowest BCUT2D eigenvalue weighted by atomic mass is 9.83. The molecule has 1 unspecified atom stereocenters. The van der Waals surface area contributed by atoms with Gasteiger partial charge in [0.1, 0.15) is 0 Å². The van der Waals surface area contributed by atoms with Gasteiger partial charge in [-0.15, -0.1) is 0 Å². The molecule has 0 aromatic rings. The highest BCUT2D eigenvalue weighted by Crippen LogP contribution is 2.40. The monoisotopic (exact) mass is 185 g/mol. The zero-order valence-corrected chi connectivity index (χ0v) is 8.97. The molecule has 0 aromatic heterocycles. The van der Waals surface area contributed by atoms with Gasteiger partial charge in [0.15, 0.2) is 0 Å². The molecule has 0 saturated heterocycles. The highest BCUT2D eigenvalue weighted by molar-refractivity contribution is 4.86. The summed E-state index contributed by atoms with van der Waals surface area (Å²) in [5.74, 6) is 0. The van der Waals surface area contributed by atoms with Crippen LogP contribution >= 0.6 is 0 Å². The standard InChI is InChI=1S/C11H23NO/c1-3-11(6-4-5-7-11)9-12-10(2)8-13/h10,12-13H,3-9H2,1-2H3. The highest BCUT2D eigenvalue weighted by Gasteiger charge is 2.31. The van der Waals surface area contributed by atoms with Crippen molar-refractivity contribution in [1.29, 1.82) is 0 Å². The SMILES string of the molecule is CCC1(CNC(C)CO)CCCC1. The molecule has 0 aromatic carbocycles. The Morgan fingerprint density at radius 3 is 2.46 bits per heavy atom. The maximum atomic E-state index is 8.90. The van der Waals surface area contributed by atoms with Crippen molar-refractivity contribution in [2.24, 2.45) is 5.41 Å². The molecule has 2 nitrogen and oxygen atoms in total. The number of hydrogen-bond donors (Lipinski definition) is 2. The Bertz CT molecular complexity index is 141. The summed E-state index contributed by atoms with van der Waals surface area (Å²) < 4.78 is 0. The van der Waals surface area contributed by atoms with E-state index in [1.54, 1.807) is 0 Å². The number of nitrogens with one attached hydrogen (secondary N) is 1. The van der Waals surface area contributed by atoms with Crippen LogP contribution in [0.15, 0.2) is 0 Å². The summed E-state index contributed by atoms with van der Waals surface area (Å²) in [7, 11) is 0. The molecule has 1 saturated carbocycles. The van der Waals surface area contributed by atoms with Crippen molar-refractivity contribution in [2.75, 3.05) is 13.2 Å². The van der Waals surface area contributed by atoms with Crippen LogP contribution in [0.25, 0.3) is 0 Å². The van der Waals surface area contributed by atoms with E-state index in [-0.39, 0.29) is 12.6 Å². The Labute approximate surface area is 81.7 Å². The predicted octanol–water partition coefficient (Wildman–Crippen LogP) is 1.93. The average Bonchev–Trinajstić information content (AvgIpc) is 2.63. The van der Waals surface area contributed by atoms with Gasteiger partial charge in [-0.1, -0.05) is 19.8 Å². The lowest BCUT2D eigenvalue weighted by Gasteiger charge is -2.29. The fraction of sp³-hybridized carbons (Fsp3) is 1.00. The van der Waals surface area contributed by atoms with Crippen LogP contribution in [0.2, 0.25) is 0 Å². The molecule has 1 aliphatic rings. The first-order valence-corrected chi connectivity index (χ1v) is 5.57. The maximum Gasteiger partial charge on any atom is 0.0581 e. The Hall–Kier alpha value is -0.0800. The van der Waals surface area contributed by atoms with Crippen molar-refractivity contribution in [2.45, 2.75) is 52.0 Å². The molecule has 1 rings (SSSR count). The van der Waals surface area contributed by atoms with E-state index in [0.29, 0.717) is 5.41 Å². The summed E-state index contributed by atoms with van der Waals surface area (Å²) in [6.07, 6.45) is 6.80. The van der Waals surface area contributed by atoms with E-state index >= 15 is 0 Å². The molecule has 1 atom stereocenters. The van der Waals surface area contributed by atoms with E-state index in [2.05, 4.69) is 12.2 Å². The molecule has 78 valence electrons. The largest absolute Gasteiger partial charge is 0.395 e. The molecule has 0 amide bonds. The van der Waals surface area contributed by atoms with Crippen molar-refractivity contribution in [3.8, 4) is 0 Å². The maximum absolute atomic E-state index is 8.90. The van der Waals surface area contributed by atoms with Gasteiger partial charge in [-0.3, -0.25) is 0 Å². The van der Waals surface area contributed by atoms with E-state index in [1.165, 1.54) is 32.1 Å². The average molecular weight is 185 g/mol. The van der Waals surface area contributed by atoms with Crippen LogP contribution in [0.1, 0.15) is 46.0 Å². The van der Waals surface area contributed by atoms with Gasteiger partial charge in [-0.2, -0.15) is 0 Å². The van der Waals surface area contributed by atoms with E-state index in [9.17, 15) is 0 Å². The minimum atomic E-state index is 0.250. The fourth-order valence-corrected chi connectivity index (χ4v) is 2.24. The molecule has 2 heteroatoms. The number of rotatable bonds is 5. The molecule has 1 aliphatic carbocycles. The summed E-state index contributed by atoms with van der Waals surface area (Å²) in [6, 6.07) is 0.254. The molecule has 13 heavy (non-hydrogen) atoms. The summed E-state index contributed by atoms with van der Waals surface area (Å²) in [5.41, 5.74) is 0.545. The third-order valence-corrected chi connectivity index (χ3v) is 3.51. The van der Waals surface area contributed by atoms with Crippen LogP contribution in [-0.4, -0.2) is 24.3 Å². The van der Waals surface area contributed by atoms with E-state index in [4.69, 9.17) is 5.11 Å². The lowest BCUT2D eigenvalue weighted by molar-refractivity contribution is 0.213. The van der Waals surface area contributed by atoms with Gasteiger partial charge >= 0.3 is 0 Å². The van der Waals surface area contributed by atoms with Crippen molar-refractivity contribution < 1.29 is 5.11 Å². The van der Waals surface area contributed by atoms with Crippen molar-refractivity contribution in [1.82, 2.24) is 5.32 Å². The molecule has 0 bridgehead atoms. The fourth-order valence-electron chi connectivity index (χ4n) is 2.24. The van der Waals surface area contributed by atoms with Crippen LogP contribution in [0.3, 0.4) is 0 Å². The first-order chi connectivity index (χ1) is 6.22. The summed E-state index contributed by atoms with van der Waals surface area (Å²) in [4.78, 5) is 0. The van der Waals surface area contributed by atoms with E-state index in [1.807, 2.05) is 6.92 Å². The Kier molecular flexibility index (Phi) is 4.20. The first kappa shape index (κ1) is 11.0. The summed E-state index contributed by atoms with van der Waals surface area (Å²) in [5, 5.41) is 12.3. The third kappa shape index (κ3) is 2.96. The first-order valence-electron chi connectivity index (χ1n) is 5.57. The van der Waals surface area contributed by atoms with Gasteiger partial charge in [0.05, 0.1) is 6.61 Å². The normalized spacial score (nSPS) is 23.3. The molecule has 0 heterocycles. The zero-order valence-electron chi connectivity index (χ0n) is 8.97. The van der Waals surface area contributed by atoms with Crippen molar-refractivity contribution in [3.63, 3.8) is 0 Å². The smallest absolute Gasteiger partial charge is 0.0581 e. The Balaban J connectivity index is 2.31. The Morgan fingerprint density at radius 2 is 2.00 bits per heavy atom. The van der Waals surface area contributed by atoms with E-state index in [0.717, 1.165) is 6.54 Å². The minimum absolute atomic E-state index is 0.250. The van der Waals surface area contributed by atoms with E-state index < -0.39 is 0 Å². The molecular weight excluding hydrogens is 162 g/mol. The highest BCUT2D eigenvalue weighted by atomic mass is 16.3. The van der Waals surface area contributed by atoms with Crippen LogP contribution in [0.5, 0.6) is 0 Å². The topological polar surface area (TPSA) is 32.3 Å². The number of aliphatic hydroxyl groups excluding tert-OH is 1. The van der Waals surface area contributed by atoms with Gasteiger partial charge in [0.25, 0.3) is 0 Å². The van der Waals surface area contributed by atoms with Gasteiger partial charge in [-0.25, -0.2) is 0 Å². The second-order valence-electron chi connectivity index (χ2n) is 4.53. The zero-order chi connectivity index (χ0) is 9.73. The molecule has 2 N–H and O–H groups in total. The Morgan fingerprint density at radius 1 is 1.38 bits per heavy atom. The minimum Gasteiger partial charge on any atom is -0.395 e. The number of aliphatic hydroxyl groups is 1. The summed E-state index contributed by atoms with van der Waals surface area (Å²) >= 11 is 0. The van der Waals surface area contributed by atoms with Crippen molar-refractivity contribution in [3.05, 3.63) is 0 Å². The third-order valence-electron chi connectivity index (χ3n) is 3.51. The second-order valence-corrected chi connectivity index (χ2v) is 4.53. The summed E-state index contributed by atoms with van der Waals surface area (Å²) in [6.45, 7) is 5.67. The van der Waals surface area contributed by atoms with Crippen LogP contribution in [-0.2, 0) is 0 Å². The van der Waals surface area contributed by atoms with Gasteiger partial charge < -0.3 is 10.4 Å². The lowest BCUT2D eigenvalue weighted by Crippen LogP contribution is -2.38. The van der Waals surface area contributed by atoms with Gasteiger partial charge in [0.2, 0.25) is 0 Å². The van der Waals surface area contributed by atoms with Crippen LogP contribution in [0, 0.1) is 5.41 Å². The molecule has 0 spiro atoms.